The molecule has 0 radical (unpaired) electrons. The van der Waals surface area contributed by atoms with E-state index in [9.17, 15) is 0 Å². The Hall–Kier alpha value is -2.53. The van der Waals surface area contributed by atoms with Crippen LogP contribution in [-0.4, -0.2) is 17.3 Å². The van der Waals surface area contributed by atoms with Gasteiger partial charge in [0, 0.05) is 5.56 Å². The second kappa shape index (κ2) is 6.49. The van der Waals surface area contributed by atoms with Crippen LogP contribution >= 0.6 is 11.6 Å². The number of nitrogens with zero attached hydrogens (tertiary/aromatic N) is 2. The number of hydrogen-bond acceptors (Lipinski definition) is 5. The van der Waals surface area contributed by atoms with E-state index in [4.69, 9.17) is 20.8 Å². The van der Waals surface area contributed by atoms with E-state index < -0.39 is 0 Å². The van der Waals surface area contributed by atoms with Crippen LogP contribution in [0.3, 0.4) is 0 Å². The van der Waals surface area contributed by atoms with E-state index >= 15 is 0 Å². The lowest BCUT2D eigenvalue weighted by Gasteiger charge is -2.04. The zero-order valence-electron chi connectivity index (χ0n) is 11.9. The zero-order valence-corrected chi connectivity index (χ0v) is 12.7. The van der Waals surface area contributed by atoms with Gasteiger partial charge in [0.15, 0.2) is 0 Å². The highest BCUT2D eigenvalue weighted by atomic mass is 35.5. The van der Waals surface area contributed by atoms with E-state index in [-0.39, 0.29) is 0 Å². The normalized spacial score (nSPS) is 10.5. The molecule has 0 amide bonds. The fourth-order valence-corrected chi connectivity index (χ4v) is 2.15. The van der Waals surface area contributed by atoms with Gasteiger partial charge in [0.25, 0.3) is 0 Å². The molecule has 22 heavy (non-hydrogen) atoms. The van der Waals surface area contributed by atoms with Crippen LogP contribution in [0.2, 0.25) is 5.02 Å². The highest BCUT2D eigenvalue weighted by molar-refractivity contribution is 6.33. The van der Waals surface area contributed by atoms with Crippen molar-refractivity contribution in [2.24, 2.45) is 0 Å². The molecular weight excluding hydrogens is 302 g/mol. The van der Waals surface area contributed by atoms with Gasteiger partial charge < -0.3 is 14.5 Å². The smallest absolute Gasteiger partial charge is 0.247 e. The molecule has 112 valence electrons. The van der Waals surface area contributed by atoms with Crippen molar-refractivity contribution >= 4 is 17.3 Å². The van der Waals surface area contributed by atoms with Crippen molar-refractivity contribution in [3.05, 3.63) is 59.4 Å². The van der Waals surface area contributed by atoms with Gasteiger partial charge in [0.05, 0.1) is 24.4 Å². The highest BCUT2D eigenvalue weighted by Gasteiger charge is 2.09. The summed E-state index contributed by atoms with van der Waals surface area (Å²) in [5.74, 6) is 1.74. The Morgan fingerprint density at radius 1 is 1.09 bits per heavy atom. The van der Waals surface area contributed by atoms with Gasteiger partial charge in [-0.15, -0.1) is 10.2 Å². The van der Waals surface area contributed by atoms with Gasteiger partial charge in [-0.1, -0.05) is 23.7 Å². The Bertz CT molecular complexity index is 756. The van der Waals surface area contributed by atoms with E-state index in [1.54, 1.807) is 7.11 Å². The molecule has 0 saturated heterocycles. The van der Waals surface area contributed by atoms with Crippen LogP contribution in [0.15, 0.2) is 52.9 Å². The third-order valence-electron chi connectivity index (χ3n) is 3.11. The molecule has 6 heteroatoms. The summed E-state index contributed by atoms with van der Waals surface area (Å²) in [4.78, 5) is 0. The lowest BCUT2D eigenvalue weighted by Crippen LogP contribution is -1.99. The number of hydrogen-bond donors (Lipinski definition) is 1. The van der Waals surface area contributed by atoms with Crippen molar-refractivity contribution in [2.45, 2.75) is 6.54 Å². The Kier molecular flexibility index (Phi) is 4.25. The molecule has 1 N–H and O–H groups in total. The molecule has 1 aromatic heterocycles. The van der Waals surface area contributed by atoms with Crippen molar-refractivity contribution in [3.63, 3.8) is 0 Å². The zero-order chi connectivity index (χ0) is 15.4. The van der Waals surface area contributed by atoms with E-state index in [1.165, 1.54) is 0 Å². The van der Waals surface area contributed by atoms with E-state index in [1.807, 2.05) is 48.5 Å². The molecule has 0 fully saturated rings. The molecule has 5 nitrogen and oxygen atoms in total. The molecule has 0 atom stereocenters. The lowest BCUT2D eigenvalue weighted by molar-refractivity contribution is 0.415. The molecule has 1 heterocycles. The minimum atomic E-state index is 0.410. The minimum absolute atomic E-state index is 0.410. The van der Waals surface area contributed by atoms with Crippen LogP contribution in [0, 0.1) is 0 Å². The minimum Gasteiger partial charge on any atom is -0.497 e. The van der Waals surface area contributed by atoms with E-state index in [0.717, 1.165) is 17.0 Å². The van der Waals surface area contributed by atoms with Gasteiger partial charge in [-0.2, -0.15) is 0 Å². The monoisotopic (exact) mass is 315 g/mol. The Morgan fingerprint density at radius 3 is 2.59 bits per heavy atom. The lowest BCUT2D eigenvalue weighted by atomic mass is 10.2. The summed E-state index contributed by atoms with van der Waals surface area (Å²) in [5, 5.41) is 11.9. The van der Waals surface area contributed by atoms with E-state index in [2.05, 4.69) is 15.5 Å². The number of halogens is 1. The van der Waals surface area contributed by atoms with Crippen LogP contribution in [-0.2, 0) is 6.54 Å². The average molecular weight is 316 g/mol. The van der Waals surface area contributed by atoms with Crippen molar-refractivity contribution in [1.82, 2.24) is 10.2 Å². The third-order valence-corrected chi connectivity index (χ3v) is 3.44. The van der Waals surface area contributed by atoms with Gasteiger partial charge in [-0.25, -0.2) is 0 Å². The molecule has 0 bridgehead atoms. The fraction of sp³-hybridized carbons (Fsp3) is 0.125. The molecule has 0 aliphatic carbocycles. The molecule has 3 aromatic rings. The Labute approximate surface area is 132 Å². The summed E-state index contributed by atoms with van der Waals surface area (Å²) < 4.78 is 10.8. The quantitative estimate of drug-likeness (QED) is 0.770. The van der Waals surface area contributed by atoms with Crippen molar-refractivity contribution in [2.75, 3.05) is 12.4 Å². The number of anilines is 1. The summed E-state index contributed by atoms with van der Waals surface area (Å²) in [6.45, 7) is 0.410. The maximum absolute atomic E-state index is 6.08. The second-order valence-corrected chi connectivity index (χ2v) is 4.97. The number of benzene rings is 2. The molecular formula is C16H14ClN3O2. The molecule has 0 saturated carbocycles. The first-order chi connectivity index (χ1) is 10.8. The summed E-state index contributed by atoms with van der Waals surface area (Å²) in [7, 11) is 1.63. The third kappa shape index (κ3) is 3.20. The molecule has 2 aromatic carbocycles. The highest BCUT2D eigenvalue weighted by Crippen LogP contribution is 2.23. The van der Waals surface area contributed by atoms with Gasteiger partial charge in [0.2, 0.25) is 11.8 Å². The van der Waals surface area contributed by atoms with Gasteiger partial charge in [-0.3, -0.25) is 0 Å². The Balaban J connectivity index is 1.69. The fourth-order valence-electron chi connectivity index (χ4n) is 1.95. The first kappa shape index (κ1) is 14.4. The maximum Gasteiger partial charge on any atom is 0.247 e. The molecule has 3 rings (SSSR count). The first-order valence-corrected chi connectivity index (χ1v) is 7.09. The number of methoxy groups -OCH3 is 1. The van der Waals surface area contributed by atoms with Crippen molar-refractivity contribution < 1.29 is 9.15 Å². The standard InChI is InChI=1S/C16H14ClN3O2/c1-21-12-8-6-11(7-9-12)16-20-19-15(22-16)10-18-14-5-3-2-4-13(14)17/h2-9,18H,10H2,1H3. The number of rotatable bonds is 5. The average Bonchev–Trinajstić information content (AvgIpc) is 3.03. The predicted octanol–water partition coefficient (Wildman–Crippen LogP) is 4.01. The topological polar surface area (TPSA) is 60.2 Å². The van der Waals surface area contributed by atoms with Crippen LogP contribution in [0.25, 0.3) is 11.5 Å². The van der Waals surface area contributed by atoms with Crippen molar-refractivity contribution in [3.8, 4) is 17.2 Å². The van der Waals surface area contributed by atoms with Crippen LogP contribution in [0.1, 0.15) is 5.89 Å². The van der Waals surface area contributed by atoms with Gasteiger partial charge in [-0.05, 0) is 36.4 Å². The molecule has 0 aliphatic rings. The van der Waals surface area contributed by atoms with Crippen molar-refractivity contribution in [1.29, 1.82) is 0 Å². The number of para-hydroxylation sites is 1. The summed E-state index contributed by atoms with van der Waals surface area (Å²) in [6, 6.07) is 14.9. The van der Waals surface area contributed by atoms with Crippen LogP contribution < -0.4 is 10.1 Å². The van der Waals surface area contributed by atoms with E-state index in [0.29, 0.717) is 23.3 Å². The number of ether oxygens (including phenoxy) is 1. The summed E-state index contributed by atoms with van der Waals surface area (Å²) in [6.07, 6.45) is 0. The SMILES string of the molecule is COc1ccc(-c2nnc(CNc3ccccc3Cl)o2)cc1. The first-order valence-electron chi connectivity index (χ1n) is 6.71. The predicted molar refractivity (Wildman–Crippen MR) is 85.1 cm³/mol. The molecule has 0 unspecified atom stereocenters. The summed E-state index contributed by atoms with van der Waals surface area (Å²) in [5.41, 5.74) is 1.67. The van der Waals surface area contributed by atoms with Gasteiger partial charge >= 0.3 is 0 Å². The largest absolute Gasteiger partial charge is 0.497 e. The summed E-state index contributed by atoms with van der Waals surface area (Å²) >= 11 is 6.08. The number of aromatic nitrogens is 2. The Morgan fingerprint density at radius 2 is 1.86 bits per heavy atom. The van der Waals surface area contributed by atoms with Crippen LogP contribution in [0.5, 0.6) is 5.75 Å². The molecule has 0 spiro atoms. The van der Waals surface area contributed by atoms with Crippen LogP contribution in [0.4, 0.5) is 5.69 Å². The molecule has 0 aliphatic heterocycles. The second-order valence-electron chi connectivity index (χ2n) is 4.56. The van der Waals surface area contributed by atoms with Gasteiger partial charge in [0.1, 0.15) is 5.75 Å². The maximum atomic E-state index is 6.08. The number of nitrogens with one attached hydrogen (secondary N) is 1.